The molecule has 0 spiro atoms. The van der Waals surface area contributed by atoms with Crippen molar-refractivity contribution < 1.29 is 4.79 Å². The minimum absolute atomic E-state index is 0.226. The van der Waals surface area contributed by atoms with Crippen molar-refractivity contribution in [3.05, 3.63) is 28.5 Å². The average Bonchev–Trinajstić information content (AvgIpc) is 2.32. The fourth-order valence-electron chi connectivity index (χ4n) is 2.28. The molecule has 0 N–H and O–H groups in total. The molecular formula is C13H17BrN2O. The van der Waals surface area contributed by atoms with E-state index >= 15 is 0 Å². The van der Waals surface area contributed by atoms with Gasteiger partial charge >= 0.3 is 0 Å². The van der Waals surface area contributed by atoms with E-state index < -0.39 is 0 Å². The predicted octanol–water partition coefficient (Wildman–Crippen LogP) is 2.65. The van der Waals surface area contributed by atoms with Crippen LogP contribution in [-0.4, -0.2) is 28.8 Å². The average molecular weight is 297 g/mol. The lowest BCUT2D eigenvalue weighted by Gasteiger charge is -2.31. The van der Waals surface area contributed by atoms with Crippen LogP contribution in [-0.2, 0) is 11.3 Å². The van der Waals surface area contributed by atoms with Gasteiger partial charge in [0.05, 0.1) is 0 Å². The number of aromatic nitrogens is 1. The van der Waals surface area contributed by atoms with Crippen LogP contribution in [0, 0.1) is 5.92 Å². The van der Waals surface area contributed by atoms with Gasteiger partial charge in [0.1, 0.15) is 5.78 Å². The summed E-state index contributed by atoms with van der Waals surface area (Å²) in [6.45, 7) is 4.74. The number of hydrogen-bond donors (Lipinski definition) is 0. The van der Waals surface area contributed by atoms with Crippen LogP contribution in [0.25, 0.3) is 0 Å². The Hall–Kier alpha value is -0.740. The minimum atomic E-state index is 0.226. The second-order valence-electron chi connectivity index (χ2n) is 4.57. The number of carbonyl (C=O) groups excluding carboxylic acids is 1. The summed E-state index contributed by atoms with van der Waals surface area (Å²) < 4.78 is 1.01. The topological polar surface area (TPSA) is 33.2 Å². The molecule has 17 heavy (non-hydrogen) atoms. The molecule has 0 bridgehead atoms. The zero-order chi connectivity index (χ0) is 12.3. The molecule has 0 saturated carbocycles. The van der Waals surface area contributed by atoms with E-state index in [0.717, 1.165) is 30.5 Å². The van der Waals surface area contributed by atoms with E-state index in [1.165, 1.54) is 5.56 Å². The van der Waals surface area contributed by atoms with Gasteiger partial charge in [-0.2, -0.15) is 0 Å². The maximum atomic E-state index is 11.6. The Balaban J connectivity index is 1.98. The van der Waals surface area contributed by atoms with Crippen LogP contribution < -0.4 is 0 Å². The van der Waals surface area contributed by atoms with Gasteiger partial charge < -0.3 is 0 Å². The number of Topliss-reactive ketones (excluding diaryl/α,β-unsaturated/α-hetero) is 1. The largest absolute Gasteiger partial charge is 0.299 e. The zero-order valence-corrected chi connectivity index (χ0v) is 11.6. The van der Waals surface area contributed by atoms with E-state index in [0.29, 0.717) is 12.2 Å². The third-order valence-electron chi connectivity index (χ3n) is 3.27. The van der Waals surface area contributed by atoms with Crippen molar-refractivity contribution in [2.45, 2.75) is 26.3 Å². The summed E-state index contributed by atoms with van der Waals surface area (Å²) in [5, 5.41) is 0. The molecule has 2 heterocycles. The maximum Gasteiger partial charge on any atom is 0.138 e. The second kappa shape index (κ2) is 5.74. The molecule has 1 aliphatic rings. The quantitative estimate of drug-likeness (QED) is 0.860. The monoisotopic (exact) mass is 296 g/mol. The van der Waals surface area contributed by atoms with Gasteiger partial charge in [-0.15, -0.1) is 0 Å². The molecule has 92 valence electrons. The SMILES string of the molecule is CCC1CN(Cc2cncc(Br)c2)CCC1=O. The number of halogens is 1. The van der Waals surface area contributed by atoms with Crippen LogP contribution in [0.3, 0.4) is 0 Å². The Morgan fingerprint density at radius 3 is 3.06 bits per heavy atom. The van der Waals surface area contributed by atoms with Crippen molar-refractivity contribution in [3.8, 4) is 0 Å². The summed E-state index contributed by atoms with van der Waals surface area (Å²) in [6.07, 6.45) is 5.33. The predicted molar refractivity (Wildman–Crippen MR) is 70.6 cm³/mol. The number of likely N-dealkylation sites (tertiary alicyclic amines) is 1. The van der Waals surface area contributed by atoms with Gasteiger partial charge in [0.15, 0.2) is 0 Å². The number of hydrogen-bond acceptors (Lipinski definition) is 3. The molecule has 1 atom stereocenters. The van der Waals surface area contributed by atoms with Gasteiger partial charge in [0, 0.05) is 48.8 Å². The third-order valence-corrected chi connectivity index (χ3v) is 3.70. The molecule has 0 amide bonds. The number of piperidine rings is 1. The number of carbonyl (C=O) groups is 1. The standard InChI is InChI=1S/C13H17BrN2O/c1-2-11-9-16(4-3-13(11)17)8-10-5-12(14)7-15-6-10/h5-7,11H,2-4,8-9H2,1H3. The summed E-state index contributed by atoms with van der Waals surface area (Å²) in [7, 11) is 0. The first-order chi connectivity index (χ1) is 8.19. The summed E-state index contributed by atoms with van der Waals surface area (Å²) >= 11 is 3.43. The molecule has 3 nitrogen and oxygen atoms in total. The van der Waals surface area contributed by atoms with Crippen LogP contribution in [0.15, 0.2) is 22.9 Å². The van der Waals surface area contributed by atoms with E-state index in [1.54, 1.807) is 6.20 Å². The highest BCUT2D eigenvalue weighted by atomic mass is 79.9. The van der Waals surface area contributed by atoms with E-state index in [9.17, 15) is 4.79 Å². The van der Waals surface area contributed by atoms with Gasteiger partial charge in [-0.05, 0) is 34.0 Å². The second-order valence-corrected chi connectivity index (χ2v) is 5.48. The van der Waals surface area contributed by atoms with Crippen LogP contribution in [0.5, 0.6) is 0 Å². The normalized spacial score (nSPS) is 21.8. The first-order valence-electron chi connectivity index (χ1n) is 6.03. The van der Waals surface area contributed by atoms with E-state index in [4.69, 9.17) is 0 Å². The molecule has 0 radical (unpaired) electrons. The molecule has 1 aliphatic heterocycles. The Kier molecular flexibility index (Phi) is 4.29. The van der Waals surface area contributed by atoms with Gasteiger partial charge in [-0.3, -0.25) is 14.7 Å². The van der Waals surface area contributed by atoms with Crippen LogP contribution in [0.2, 0.25) is 0 Å². The number of nitrogens with zero attached hydrogens (tertiary/aromatic N) is 2. The summed E-state index contributed by atoms with van der Waals surface area (Å²) in [4.78, 5) is 18.1. The first kappa shape index (κ1) is 12.7. The Labute approximate surface area is 110 Å². The third kappa shape index (κ3) is 3.36. The highest BCUT2D eigenvalue weighted by Crippen LogP contribution is 2.19. The van der Waals surface area contributed by atoms with Gasteiger partial charge in [0.25, 0.3) is 0 Å². The molecule has 2 rings (SSSR count). The van der Waals surface area contributed by atoms with Crippen LogP contribution in [0.4, 0.5) is 0 Å². The molecule has 0 aromatic carbocycles. The number of ketones is 1. The fourth-order valence-corrected chi connectivity index (χ4v) is 2.69. The van der Waals surface area contributed by atoms with Crippen LogP contribution in [0.1, 0.15) is 25.3 Å². The number of pyridine rings is 1. The lowest BCUT2D eigenvalue weighted by molar-refractivity contribution is -0.126. The molecule has 0 aliphatic carbocycles. The lowest BCUT2D eigenvalue weighted by atomic mass is 9.94. The number of rotatable bonds is 3. The van der Waals surface area contributed by atoms with Crippen LogP contribution >= 0.6 is 15.9 Å². The molecule has 4 heteroatoms. The highest BCUT2D eigenvalue weighted by Gasteiger charge is 2.25. The molecule has 1 fully saturated rings. The summed E-state index contributed by atoms with van der Waals surface area (Å²) in [5.74, 6) is 0.653. The molecular weight excluding hydrogens is 280 g/mol. The molecule has 1 saturated heterocycles. The fraction of sp³-hybridized carbons (Fsp3) is 0.538. The Bertz CT molecular complexity index is 408. The van der Waals surface area contributed by atoms with Crippen molar-refractivity contribution in [2.24, 2.45) is 5.92 Å². The van der Waals surface area contributed by atoms with Gasteiger partial charge in [0.2, 0.25) is 0 Å². The minimum Gasteiger partial charge on any atom is -0.299 e. The van der Waals surface area contributed by atoms with Crippen molar-refractivity contribution in [1.82, 2.24) is 9.88 Å². The van der Waals surface area contributed by atoms with Crippen molar-refractivity contribution >= 4 is 21.7 Å². The molecule has 1 aromatic heterocycles. The van der Waals surface area contributed by atoms with Gasteiger partial charge in [-0.25, -0.2) is 0 Å². The maximum absolute atomic E-state index is 11.6. The summed E-state index contributed by atoms with van der Waals surface area (Å²) in [6, 6.07) is 2.09. The van der Waals surface area contributed by atoms with E-state index in [2.05, 4.69) is 38.8 Å². The molecule has 1 aromatic rings. The van der Waals surface area contributed by atoms with E-state index in [-0.39, 0.29) is 5.92 Å². The van der Waals surface area contributed by atoms with Gasteiger partial charge in [-0.1, -0.05) is 6.92 Å². The summed E-state index contributed by atoms with van der Waals surface area (Å²) in [5.41, 5.74) is 1.20. The molecule has 1 unspecified atom stereocenters. The van der Waals surface area contributed by atoms with E-state index in [1.807, 2.05) is 6.20 Å². The first-order valence-corrected chi connectivity index (χ1v) is 6.83. The Morgan fingerprint density at radius 1 is 1.53 bits per heavy atom. The highest BCUT2D eigenvalue weighted by molar-refractivity contribution is 9.10. The lowest BCUT2D eigenvalue weighted by Crippen LogP contribution is -2.40. The van der Waals surface area contributed by atoms with Crippen molar-refractivity contribution in [1.29, 1.82) is 0 Å². The van der Waals surface area contributed by atoms with Crippen molar-refractivity contribution in [2.75, 3.05) is 13.1 Å². The van der Waals surface area contributed by atoms with Crippen molar-refractivity contribution in [3.63, 3.8) is 0 Å². The zero-order valence-electron chi connectivity index (χ0n) is 10.0. The Morgan fingerprint density at radius 2 is 2.35 bits per heavy atom. The smallest absolute Gasteiger partial charge is 0.138 e.